The van der Waals surface area contributed by atoms with E-state index in [0.717, 1.165) is 26.1 Å². The van der Waals surface area contributed by atoms with E-state index in [2.05, 4.69) is 0 Å². The highest BCUT2D eigenvalue weighted by Gasteiger charge is 2.16. The second kappa shape index (κ2) is 6.52. The first-order valence-corrected chi connectivity index (χ1v) is 6.16. The van der Waals surface area contributed by atoms with Gasteiger partial charge in [0, 0.05) is 18.8 Å². The van der Waals surface area contributed by atoms with Gasteiger partial charge in [-0.3, -0.25) is 4.79 Å². The molecule has 1 aliphatic heterocycles. The van der Waals surface area contributed by atoms with Gasteiger partial charge in [-0.05, 0) is 25.0 Å². The highest BCUT2D eigenvalue weighted by atomic mass is 16.5. The molecule has 1 aromatic rings. The first-order chi connectivity index (χ1) is 8.79. The van der Waals surface area contributed by atoms with Crippen molar-refractivity contribution in [2.24, 2.45) is 0 Å². The Kier molecular flexibility index (Phi) is 4.73. The second-order valence-corrected chi connectivity index (χ2v) is 4.28. The average Bonchev–Trinajstić information content (AvgIpc) is 2.46. The number of methoxy groups -OCH3 is 1. The lowest BCUT2D eigenvalue weighted by Crippen LogP contribution is -2.25. The van der Waals surface area contributed by atoms with Crippen LogP contribution in [0.3, 0.4) is 0 Å². The number of rotatable bonds is 5. The van der Waals surface area contributed by atoms with Crippen molar-refractivity contribution in [3.63, 3.8) is 0 Å². The van der Waals surface area contributed by atoms with Crippen molar-refractivity contribution < 1.29 is 19.0 Å². The Hall–Kier alpha value is -1.39. The molecule has 0 unspecified atom stereocenters. The molecule has 4 nitrogen and oxygen atoms in total. The molecule has 18 heavy (non-hydrogen) atoms. The number of ketones is 1. The van der Waals surface area contributed by atoms with E-state index in [1.165, 1.54) is 0 Å². The molecule has 0 aromatic heterocycles. The van der Waals surface area contributed by atoms with Crippen LogP contribution in [0, 0.1) is 0 Å². The summed E-state index contributed by atoms with van der Waals surface area (Å²) in [7, 11) is 1.59. The van der Waals surface area contributed by atoms with Gasteiger partial charge in [0.05, 0.1) is 13.2 Å². The first kappa shape index (κ1) is 13.1. The molecule has 0 bridgehead atoms. The van der Waals surface area contributed by atoms with E-state index in [1.54, 1.807) is 25.3 Å². The quantitative estimate of drug-likeness (QED) is 0.750. The normalized spacial score (nSPS) is 16.5. The van der Waals surface area contributed by atoms with Crippen LogP contribution >= 0.6 is 0 Å². The summed E-state index contributed by atoms with van der Waals surface area (Å²) in [6.07, 6.45) is 1.88. The molecule has 0 atom stereocenters. The minimum absolute atomic E-state index is 0.0135. The summed E-state index contributed by atoms with van der Waals surface area (Å²) < 4.78 is 15.9. The van der Waals surface area contributed by atoms with Gasteiger partial charge < -0.3 is 14.2 Å². The summed E-state index contributed by atoms with van der Waals surface area (Å²) >= 11 is 0. The van der Waals surface area contributed by atoms with Crippen LogP contribution in [0.15, 0.2) is 24.3 Å². The summed E-state index contributed by atoms with van der Waals surface area (Å²) in [6, 6.07) is 7.13. The van der Waals surface area contributed by atoms with Crippen molar-refractivity contribution in [3.05, 3.63) is 29.8 Å². The molecule has 0 radical (unpaired) electrons. The molecule has 1 saturated heterocycles. The number of carbonyl (C=O) groups is 1. The maximum Gasteiger partial charge on any atom is 0.188 e. The van der Waals surface area contributed by atoms with Gasteiger partial charge in [-0.25, -0.2) is 0 Å². The second-order valence-electron chi connectivity index (χ2n) is 4.28. The third-order valence-corrected chi connectivity index (χ3v) is 3.01. The van der Waals surface area contributed by atoms with Gasteiger partial charge in [-0.15, -0.1) is 0 Å². The van der Waals surface area contributed by atoms with Gasteiger partial charge in [0.15, 0.2) is 5.78 Å². The maximum absolute atomic E-state index is 11.9. The van der Waals surface area contributed by atoms with Crippen molar-refractivity contribution in [1.82, 2.24) is 0 Å². The van der Waals surface area contributed by atoms with Crippen LogP contribution in [0.25, 0.3) is 0 Å². The molecule has 1 aromatic carbocycles. The summed E-state index contributed by atoms with van der Waals surface area (Å²) in [6.45, 7) is 1.56. The molecule has 0 amide bonds. The Morgan fingerprint density at radius 2 is 2.17 bits per heavy atom. The minimum atomic E-state index is -0.0135. The molecule has 98 valence electrons. The Morgan fingerprint density at radius 3 is 2.89 bits per heavy atom. The van der Waals surface area contributed by atoms with Crippen LogP contribution in [0.5, 0.6) is 5.75 Å². The van der Waals surface area contributed by atoms with Crippen molar-refractivity contribution in [2.45, 2.75) is 18.9 Å². The monoisotopic (exact) mass is 250 g/mol. The highest BCUT2D eigenvalue weighted by Crippen LogP contribution is 2.15. The van der Waals surface area contributed by atoms with Crippen molar-refractivity contribution in [2.75, 3.05) is 26.9 Å². The lowest BCUT2D eigenvalue weighted by molar-refractivity contribution is -0.0262. The predicted molar refractivity (Wildman–Crippen MR) is 67.1 cm³/mol. The van der Waals surface area contributed by atoms with Crippen LogP contribution in [0.4, 0.5) is 0 Å². The van der Waals surface area contributed by atoms with Gasteiger partial charge in [0.2, 0.25) is 0 Å². The minimum Gasteiger partial charge on any atom is -0.497 e. The summed E-state index contributed by atoms with van der Waals surface area (Å²) in [5, 5.41) is 0. The molecular formula is C14H18O4. The largest absolute Gasteiger partial charge is 0.497 e. The number of hydrogen-bond donors (Lipinski definition) is 0. The van der Waals surface area contributed by atoms with Crippen molar-refractivity contribution in [3.8, 4) is 5.75 Å². The van der Waals surface area contributed by atoms with E-state index >= 15 is 0 Å². The van der Waals surface area contributed by atoms with Crippen molar-refractivity contribution >= 4 is 5.78 Å². The molecule has 0 N–H and O–H groups in total. The fourth-order valence-corrected chi connectivity index (χ4v) is 1.92. The molecule has 4 heteroatoms. The SMILES string of the molecule is COc1cccc(C(=O)COC2CCOCC2)c1. The summed E-state index contributed by atoms with van der Waals surface area (Å²) in [5.74, 6) is 0.673. The standard InChI is InChI=1S/C14H18O4/c1-16-13-4-2-3-11(9-13)14(15)10-18-12-5-7-17-8-6-12/h2-4,9,12H,5-8,10H2,1H3. The number of carbonyl (C=O) groups excluding carboxylic acids is 1. The van der Waals surface area contributed by atoms with E-state index in [1.807, 2.05) is 6.07 Å². The average molecular weight is 250 g/mol. The van der Waals surface area contributed by atoms with Crippen LogP contribution in [0.1, 0.15) is 23.2 Å². The van der Waals surface area contributed by atoms with E-state index in [0.29, 0.717) is 11.3 Å². The van der Waals surface area contributed by atoms with Crippen molar-refractivity contribution in [1.29, 1.82) is 0 Å². The molecule has 2 rings (SSSR count). The highest BCUT2D eigenvalue weighted by molar-refractivity contribution is 5.97. The van der Waals surface area contributed by atoms with E-state index in [9.17, 15) is 4.79 Å². The molecule has 1 heterocycles. The van der Waals surface area contributed by atoms with Crippen LogP contribution in [0.2, 0.25) is 0 Å². The molecule has 0 spiro atoms. The van der Waals surface area contributed by atoms with E-state index in [4.69, 9.17) is 14.2 Å². The Morgan fingerprint density at radius 1 is 1.39 bits per heavy atom. The van der Waals surface area contributed by atoms with Crippen LogP contribution in [-0.4, -0.2) is 38.8 Å². The summed E-state index contributed by atoms with van der Waals surface area (Å²) in [5.41, 5.74) is 0.626. The van der Waals surface area contributed by atoms with Gasteiger partial charge in [0.1, 0.15) is 12.4 Å². The molecule has 0 aliphatic carbocycles. The Labute approximate surface area is 107 Å². The lowest BCUT2D eigenvalue weighted by atomic mass is 10.1. The summed E-state index contributed by atoms with van der Waals surface area (Å²) in [4.78, 5) is 11.9. The fraction of sp³-hybridized carbons (Fsp3) is 0.500. The third-order valence-electron chi connectivity index (χ3n) is 3.01. The maximum atomic E-state index is 11.9. The lowest BCUT2D eigenvalue weighted by Gasteiger charge is -2.21. The predicted octanol–water partition coefficient (Wildman–Crippen LogP) is 2.07. The number of ether oxygens (including phenoxy) is 3. The van der Waals surface area contributed by atoms with Gasteiger partial charge in [0.25, 0.3) is 0 Å². The Balaban J connectivity index is 1.86. The zero-order valence-electron chi connectivity index (χ0n) is 10.6. The van der Waals surface area contributed by atoms with Gasteiger partial charge in [-0.1, -0.05) is 12.1 Å². The smallest absolute Gasteiger partial charge is 0.188 e. The van der Waals surface area contributed by atoms with E-state index in [-0.39, 0.29) is 18.5 Å². The Bertz CT molecular complexity index is 397. The van der Waals surface area contributed by atoms with Crippen LogP contribution in [-0.2, 0) is 9.47 Å². The third kappa shape index (κ3) is 3.55. The fourth-order valence-electron chi connectivity index (χ4n) is 1.92. The van der Waals surface area contributed by atoms with Gasteiger partial charge in [-0.2, -0.15) is 0 Å². The number of benzene rings is 1. The first-order valence-electron chi connectivity index (χ1n) is 6.16. The molecular weight excluding hydrogens is 232 g/mol. The zero-order chi connectivity index (χ0) is 12.8. The number of Topliss-reactive ketones (excluding diaryl/α,β-unsaturated/α-hetero) is 1. The molecule has 1 fully saturated rings. The molecule has 0 saturated carbocycles. The zero-order valence-corrected chi connectivity index (χ0v) is 10.6. The number of hydrogen-bond acceptors (Lipinski definition) is 4. The molecule has 1 aliphatic rings. The van der Waals surface area contributed by atoms with E-state index < -0.39 is 0 Å². The van der Waals surface area contributed by atoms with Gasteiger partial charge >= 0.3 is 0 Å². The van der Waals surface area contributed by atoms with Crippen LogP contribution < -0.4 is 4.74 Å². The topological polar surface area (TPSA) is 44.8 Å².